The lowest BCUT2D eigenvalue weighted by molar-refractivity contribution is 0.154. The Morgan fingerprint density at radius 2 is 2.08 bits per heavy atom. The van der Waals surface area contributed by atoms with E-state index in [2.05, 4.69) is 39.5 Å². The Labute approximate surface area is 144 Å². The minimum Gasteiger partial charge on any atom is -0.493 e. The van der Waals surface area contributed by atoms with Gasteiger partial charge >= 0.3 is 0 Å². The highest BCUT2D eigenvalue weighted by atomic mass is 19.1. The summed E-state index contributed by atoms with van der Waals surface area (Å²) in [7, 11) is 0. The van der Waals surface area contributed by atoms with Crippen LogP contribution < -0.4 is 10.5 Å². The molecule has 1 heterocycles. The highest BCUT2D eigenvalue weighted by Gasteiger charge is 2.48. The van der Waals surface area contributed by atoms with Crippen LogP contribution in [0.15, 0.2) is 18.2 Å². The number of benzene rings is 1. The maximum absolute atomic E-state index is 14.6. The van der Waals surface area contributed by atoms with E-state index in [1.807, 2.05) is 0 Å². The van der Waals surface area contributed by atoms with Gasteiger partial charge in [0.25, 0.3) is 0 Å². The third-order valence-corrected chi connectivity index (χ3v) is 4.81. The van der Waals surface area contributed by atoms with E-state index in [-0.39, 0.29) is 23.9 Å². The van der Waals surface area contributed by atoms with E-state index in [0.29, 0.717) is 36.9 Å². The summed E-state index contributed by atoms with van der Waals surface area (Å²) < 4.78 is 20.3. The number of nitrogens with two attached hydrogens (primary N) is 1. The Bertz CT molecular complexity index is 571. The van der Waals surface area contributed by atoms with Gasteiger partial charge in [-0.3, -0.25) is 4.90 Å². The molecule has 2 rings (SSSR count). The molecular weight excluding hydrogens is 307 g/mol. The molecule has 5 heteroatoms. The van der Waals surface area contributed by atoms with Crippen LogP contribution in [0.1, 0.15) is 40.2 Å². The molecule has 0 unspecified atom stereocenters. The third kappa shape index (κ3) is 3.90. The van der Waals surface area contributed by atoms with Gasteiger partial charge in [0.05, 0.1) is 12.1 Å². The van der Waals surface area contributed by atoms with Gasteiger partial charge in [-0.05, 0) is 44.9 Å². The number of aliphatic hydroxyl groups excluding tert-OH is 1. The van der Waals surface area contributed by atoms with Crippen LogP contribution in [0.5, 0.6) is 5.75 Å². The monoisotopic (exact) mass is 338 g/mol. The summed E-state index contributed by atoms with van der Waals surface area (Å²) in [6.45, 7) is 12.1. The van der Waals surface area contributed by atoms with Crippen molar-refractivity contribution >= 4 is 0 Å². The molecule has 1 aromatic rings. The van der Waals surface area contributed by atoms with Crippen molar-refractivity contribution in [3.63, 3.8) is 0 Å². The van der Waals surface area contributed by atoms with Crippen LogP contribution in [0.4, 0.5) is 4.39 Å². The van der Waals surface area contributed by atoms with Crippen LogP contribution in [0.25, 0.3) is 0 Å². The molecule has 0 radical (unpaired) electrons. The first-order valence-electron chi connectivity index (χ1n) is 8.65. The maximum atomic E-state index is 14.6. The summed E-state index contributed by atoms with van der Waals surface area (Å²) in [6.07, 6.45) is 0. The Morgan fingerprint density at radius 3 is 2.62 bits per heavy atom. The van der Waals surface area contributed by atoms with E-state index >= 15 is 0 Å². The number of likely N-dealkylation sites (tertiary alicyclic amines) is 1. The molecule has 0 saturated carbocycles. The van der Waals surface area contributed by atoms with Crippen LogP contribution >= 0.6 is 0 Å². The molecule has 2 atom stereocenters. The fourth-order valence-corrected chi connectivity index (χ4v) is 3.19. The van der Waals surface area contributed by atoms with Gasteiger partial charge in [0, 0.05) is 36.7 Å². The van der Waals surface area contributed by atoms with Crippen LogP contribution in [0.2, 0.25) is 0 Å². The number of rotatable bonds is 5. The van der Waals surface area contributed by atoms with Gasteiger partial charge in [-0.2, -0.15) is 0 Å². The van der Waals surface area contributed by atoms with Crippen molar-refractivity contribution in [2.45, 2.75) is 45.7 Å². The lowest BCUT2D eigenvalue weighted by Crippen LogP contribution is -2.48. The number of nitrogens with zero attached hydrogens (tertiary/aromatic N) is 1. The van der Waals surface area contributed by atoms with Crippen LogP contribution in [-0.2, 0) is 5.54 Å². The SMILES string of the molecule is CC(C)COc1ccc(F)c([C@]2(N)CN(C(C)(C)C)C[C@H]2CO)c1. The molecule has 3 N–H and O–H groups in total. The molecule has 0 amide bonds. The van der Waals surface area contributed by atoms with Crippen molar-refractivity contribution in [1.82, 2.24) is 4.90 Å². The van der Waals surface area contributed by atoms with Crippen molar-refractivity contribution in [2.24, 2.45) is 17.6 Å². The predicted octanol–water partition coefficient (Wildman–Crippen LogP) is 2.74. The number of hydrogen-bond donors (Lipinski definition) is 2. The minimum absolute atomic E-state index is 0.0698. The molecule has 1 aliphatic heterocycles. The van der Waals surface area contributed by atoms with E-state index < -0.39 is 5.54 Å². The normalized spacial score (nSPS) is 25.5. The second-order valence-corrected chi connectivity index (χ2v) is 8.32. The molecule has 1 aromatic carbocycles. The summed E-state index contributed by atoms with van der Waals surface area (Å²) in [5.74, 6) is 0.449. The van der Waals surface area contributed by atoms with E-state index in [1.165, 1.54) is 6.07 Å². The molecule has 1 saturated heterocycles. The van der Waals surface area contributed by atoms with E-state index in [9.17, 15) is 9.50 Å². The number of halogens is 1. The van der Waals surface area contributed by atoms with E-state index in [1.54, 1.807) is 12.1 Å². The lowest BCUT2D eigenvalue weighted by Gasteiger charge is -2.34. The number of ether oxygens (including phenoxy) is 1. The highest BCUT2D eigenvalue weighted by Crippen LogP contribution is 2.39. The highest BCUT2D eigenvalue weighted by molar-refractivity contribution is 5.37. The Morgan fingerprint density at radius 1 is 1.42 bits per heavy atom. The van der Waals surface area contributed by atoms with E-state index in [4.69, 9.17) is 10.5 Å². The summed E-state index contributed by atoms with van der Waals surface area (Å²) in [6, 6.07) is 4.75. The smallest absolute Gasteiger partial charge is 0.128 e. The van der Waals surface area contributed by atoms with Crippen molar-refractivity contribution in [1.29, 1.82) is 0 Å². The fourth-order valence-electron chi connectivity index (χ4n) is 3.19. The summed E-state index contributed by atoms with van der Waals surface area (Å²) in [5.41, 5.74) is 6.06. The minimum atomic E-state index is -0.927. The molecule has 0 aromatic heterocycles. The van der Waals surface area contributed by atoms with Gasteiger partial charge in [0.1, 0.15) is 11.6 Å². The predicted molar refractivity (Wildman–Crippen MR) is 94.5 cm³/mol. The van der Waals surface area contributed by atoms with Gasteiger partial charge in [-0.15, -0.1) is 0 Å². The largest absolute Gasteiger partial charge is 0.493 e. The molecule has 24 heavy (non-hydrogen) atoms. The lowest BCUT2D eigenvalue weighted by atomic mass is 9.81. The Kier molecular flexibility index (Phi) is 5.57. The molecule has 4 nitrogen and oxygen atoms in total. The van der Waals surface area contributed by atoms with E-state index in [0.717, 1.165) is 0 Å². The second kappa shape index (κ2) is 6.98. The molecule has 0 bridgehead atoms. The molecule has 0 spiro atoms. The standard InChI is InChI=1S/C19H31FN2O2/c1-13(2)11-24-15-6-7-17(20)16(8-15)19(21)12-22(18(3,4)5)9-14(19)10-23/h6-8,13-14,23H,9-12,21H2,1-5H3/t14-,19-/m0/s1. The topological polar surface area (TPSA) is 58.7 Å². The van der Waals surface area contributed by atoms with Crippen molar-refractivity contribution < 1.29 is 14.2 Å². The van der Waals surface area contributed by atoms with Crippen molar-refractivity contribution in [3.05, 3.63) is 29.6 Å². The molecule has 0 aliphatic carbocycles. The molecular formula is C19H31FN2O2. The average molecular weight is 338 g/mol. The first kappa shape index (κ1) is 19.2. The number of aliphatic hydroxyl groups is 1. The summed E-state index contributed by atoms with van der Waals surface area (Å²) in [5, 5.41) is 9.82. The first-order chi connectivity index (χ1) is 11.1. The zero-order chi connectivity index (χ0) is 18.1. The summed E-state index contributed by atoms with van der Waals surface area (Å²) >= 11 is 0. The van der Waals surface area contributed by atoms with Gasteiger partial charge in [0.2, 0.25) is 0 Å². The van der Waals surface area contributed by atoms with Crippen molar-refractivity contribution in [3.8, 4) is 5.75 Å². The summed E-state index contributed by atoms with van der Waals surface area (Å²) in [4.78, 5) is 2.20. The first-order valence-corrected chi connectivity index (χ1v) is 8.65. The van der Waals surface area contributed by atoms with Crippen molar-refractivity contribution in [2.75, 3.05) is 26.3 Å². The Balaban J connectivity index is 2.35. The average Bonchev–Trinajstić information content (AvgIpc) is 2.84. The Hall–Kier alpha value is -1.17. The van der Waals surface area contributed by atoms with Gasteiger partial charge in [-0.25, -0.2) is 4.39 Å². The van der Waals surface area contributed by atoms with Gasteiger partial charge in [0.15, 0.2) is 0 Å². The molecule has 136 valence electrons. The van der Waals surface area contributed by atoms with Crippen LogP contribution in [-0.4, -0.2) is 41.8 Å². The number of hydrogen-bond acceptors (Lipinski definition) is 4. The zero-order valence-electron chi connectivity index (χ0n) is 15.5. The quantitative estimate of drug-likeness (QED) is 0.867. The molecule has 1 fully saturated rings. The fraction of sp³-hybridized carbons (Fsp3) is 0.684. The van der Waals surface area contributed by atoms with Gasteiger partial charge in [-0.1, -0.05) is 13.8 Å². The maximum Gasteiger partial charge on any atom is 0.128 e. The zero-order valence-corrected chi connectivity index (χ0v) is 15.5. The second-order valence-electron chi connectivity index (χ2n) is 8.32. The van der Waals surface area contributed by atoms with Crippen LogP contribution in [0.3, 0.4) is 0 Å². The van der Waals surface area contributed by atoms with Crippen LogP contribution in [0, 0.1) is 17.7 Å². The van der Waals surface area contributed by atoms with Gasteiger partial charge < -0.3 is 15.6 Å². The third-order valence-electron chi connectivity index (χ3n) is 4.81. The molecule has 1 aliphatic rings.